The van der Waals surface area contributed by atoms with Crippen LogP contribution in [0.5, 0.6) is 0 Å². The molecule has 1 atom stereocenters. The number of aromatic nitrogens is 1. The zero-order valence-electron chi connectivity index (χ0n) is 11.5. The van der Waals surface area contributed by atoms with Gasteiger partial charge in [0.05, 0.1) is 6.20 Å². The van der Waals surface area contributed by atoms with Gasteiger partial charge in [-0.25, -0.2) is 9.37 Å². The van der Waals surface area contributed by atoms with Gasteiger partial charge >= 0.3 is 0 Å². The molecule has 2 aliphatic rings. The van der Waals surface area contributed by atoms with Crippen LogP contribution in [0.3, 0.4) is 0 Å². The molecule has 4 nitrogen and oxygen atoms in total. The molecule has 1 aliphatic heterocycles. The number of hydrogen-bond acceptors (Lipinski definition) is 3. The Morgan fingerprint density at radius 2 is 2.25 bits per heavy atom. The van der Waals surface area contributed by atoms with Crippen LogP contribution in [-0.4, -0.2) is 41.5 Å². The fourth-order valence-corrected chi connectivity index (χ4v) is 2.79. The van der Waals surface area contributed by atoms with E-state index in [1.165, 1.54) is 25.0 Å². The minimum atomic E-state index is -0.406. The second-order valence-electron chi connectivity index (χ2n) is 5.76. The molecule has 0 aromatic carbocycles. The molecule has 2 fully saturated rings. The highest BCUT2D eigenvalue weighted by Gasteiger charge is 2.35. The van der Waals surface area contributed by atoms with Crippen molar-refractivity contribution in [2.75, 3.05) is 19.6 Å². The second kappa shape index (κ2) is 5.87. The van der Waals surface area contributed by atoms with Crippen molar-refractivity contribution in [1.29, 1.82) is 0 Å². The largest absolute Gasteiger partial charge is 0.334 e. The van der Waals surface area contributed by atoms with Gasteiger partial charge in [0.1, 0.15) is 11.5 Å². The van der Waals surface area contributed by atoms with E-state index in [1.807, 2.05) is 4.90 Å². The van der Waals surface area contributed by atoms with Gasteiger partial charge in [-0.3, -0.25) is 4.79 Å². The third-order valence-electron chi connectivity index (χ3n) is 4.05. The Morgan fingerprint density at radius 3 is 2.85 bits per heavy atom. The highest BCUT2D eigenvalue weighted by Crippen LogP contribution is 2.29. The molecule has 0 radical (unpaired) electrons. The summed E-state index contributed by atoms with van der Waals surface area (Å²) in [5, 5.41) is 3.38. The number of nitrogens with zero attached hydrogens (tertiary/aromatic N) is 2. The van der Waals surface area contributed by atoms with E-state index in [4.69, 9.17) is 0 Å². The number of nitrogens with one attached hydrogen (secondary N) is 1. The Labute approximate surface area is 118 Å². The van der Waals surface area contributed by atoms with E-state index in [0.717, 1.165) is 38.7 Å². The predicted octanol–water partition coefficient (Wildman–Crippen LogP) is 1.82. The summed E-state index contributed by atoms with van der Waals surface area (Å²) in [5.41, 5.74) is 0.349. The first-order chi connectivity index (χ1) is 9.74. The highest BCUT2D eigenvalue weighted by atomic mass is 19.1. The molecule has 0 spiro atoms. The van der Waals surface area contributed by atoms with Crippen LogP contribution in [0, 0.1) is 11.7 Å². The quantitative estimate of drug-likeness (QED) is 0.913. The molecule has 1 aromatic rings. The number of amides is 1. The van der Waals surface area contributed by atoms with Gasteiger partial charge in [0.25, 0.3) is 5.91 Å². The minimum Gasteiger partial charge on any atom is -0.334 e. The molecule has 2 heterocycles. The van der Waals surface area contributed by atoms with Gasteiger partial charge < -0.3 is 10.2 Å². The topological polar surface area (TPSA) is 45.2 Å². The molecule has 20 heavy (non-hydrogen) atoms. The van der Waals surface area contributed by atoms with Crippen LogP contribution in [0.2, 0.25) is 0 Å². The lowest BCUT2D eigenvalue weighted by atomic mass is 9.99. The predicted molar refractivity (Wildman–Crippen MR) is 73.8 cm³/mol. The number of hydrogen-bond donors (Lipinski definition) is 1. The van der Waals surface area contributed by atoms with Crippen LogP contribution in [0.15, 0.2) is 18.3 Å². The molecule has 5 heteroatoms. The molecule has 1 unspecified atom stereocenters. The Bertz CT molecular complexity index is 467. The summed E-state index contributed by atoms with van der Waals surface area (Å²) >= 11 is 0. The van der Waals surface area contributed by atoms with Crippen molar-refractivity contribution in [2.24, 2.45) is 5.92 Å². The van der Waals surface area contributed by atoms with E-state index in [9.17, 15) is 9.18 Å². The first-order valence-electron chi connectivity index (χ1n) is 7.37. The summed E-state index contributed by atoms with van der Waals surface area (Å²) in [6.45, 7) is 2.84. The van der Waals surface area contributed by atoms with Gasteiger partial charge in [-0.2, -0.15) is 0 Å². The van der Waals surface area contributed by atoms with Crippen molar-refractivity contribution in [3.63, 3.8) is 0 Å². The second-order valence-corrected chi connectivity index (χ2v) is 5.76. The molecule has 1 aliphatic carbocycles. The number of piperidine rings is 1. The van der Waals surface area contributed by atoms with Crippen LogP contribution in [-0.2, 0) is 0 Å². The van der Waals surface area contributed by atoms with Crippen LogP contribution >= 0.6 is 0 Å². The molecule has 108 valence electrons. The Kier molecular flexibility index (Phi) is 3.96. The highest BCUT2D eigenvalue weighted by molar-refractivity contribution is 5.92. The van der Waals surface area contributed by atoms with Gasteiger partial charge in [0.2, 0.25) is 0 Å². The maximum absolute atomic E-state index is 12.9. The van der Waals surface area contributed by atoms with Crippen LogP contribution in [0.4, 0.5) is 4.39 Å². The standard InChI is InChI=1S/C15H20FN3O/c16-12-3-6-14(18-9-12)15(20)19(13-4-5-13)10-11-2-1-7-17-8-11/h3,6,9,11,13,17H,1-2,4-5,7-8,10H2. The molecule has 1 amide bonds. The average molecular weight is 277 g/mol. The SMILES string of the molecule is O=C(c1ccc(F)cn1)N(CC1CCCNC1)C1CC1. The molecule has 1 saturated carbocycles. The van der Waals surface area contributed by atoms with Crippen molar-refractivity contribution >= 4 is 5.91 Å². The van der Waals surface area contributed by atoms with Gasteiger partial charge in [0, 0.05) is 12.6 Å². The number of halogens is 1. The van der Waals surface area contributed by atoms with Crippen molar-refractivity contribution in [1.82, 2.24) is 15.2 Å². The van der Waals surface area contributed by atoms with Crippen molar-refractivity contribution < 1.29 is 9.18 Å². The average Bonchev–Trinajstić information content (AvgIpc) is 3.30. The van der Waals surface area contributed by atoms with Crippen LogP contribution < -0.4 is 5.32 Å². The fraction of sp³-hybridized carbons (Fsp3) is 0.600. The Balaban J connectivity index is 1.69. The maximum atomic E-state index is 12.9. The summed E-state index contributed by atoms with van der Waals surface area (Å²) in [6.07, 6.45) is 5.60. The van der Waals surface area contributed by atoms with Gasteiger partial charge in [0.15, 0.2) is 0 Å². The Morgan fingerprint density at radius 1 is 1.40 bits per heavy atom. The lowest BCUT2D eigenvalue weighted by Crippen LogP contribution is -2.42. The fourth-order valence-electron chi connectivity index (χ4n) is 2.79. The van der Waals surface area contributed by atoms with Crippen LogP contribution in [0.25, 0.3) is 0 Å². The smallest absolute Gasteiger partial charge is 0.272 e. The molecule has 3 rings (SSSR count). The number of carbonyl (C=O) groups excluding carboxylic acids is 1. The van der Waals surface area contributed by atoms with Crippen molar-refractivity contribution in [3.05, 3.63) is 29.8 Å². The molecule has 1 aromatic heterocycles. The third-order valence-corrected chi connectivity index (χ3v) is 4.05. The lowest BCUT2D eigenvalue weighted by Gasteiger charge is -2.30. The summed E-state index contributed by atoms with van der Waals surface area (Å²) in [4.78, 5) is 18.4. The summed E-state index contributed by atoms with van der Waals surface area (Å²) in [5.74, 6) is 0.0582. The van der Waals surface area contributed by atoms with E-state index in [-0.39, 0.29) is 5.91 Å². The molecule has 1 N–H and O–H groups in total. The number of carbonyl (C=O) groups is 1. The molecular formula is C15H20FN3O. The van der Waals surface area contributed by atoms with E-state index >= 15 is 0 Å². The molecule has 0 bridgehead atoms. The lowest BCUT2D eigenvalue weighted by molar-refractivity contribution is 0.0698. The van der Waals surface area contributed by atoms with Crippen molar-refractivity contribution in [3.8, 4) is 0 Å². The van der Waals surface area contributed by atoms with Gasteiger partial charge in [-0.05, 0) is 56.8 Å². The van der Waals surface area contributed by atoms with Gasteiger partial charge in [-0.15, -0.1) is 0 Å². The first kappa shape index (κ1) is 13.5. The maximum Gasteiger partial charge on any atom is 0.272 e. The van der Waals surface area contributed by atoms with E-state index < -0.39 is 5.82 Å². The zero-order valence-corrected chi connectivity index (χ0v) is 11.5. The molecule has 1 saturated heterocycles. The van der Waals surface area contributed by atoms with E-state index in [1.54, 1.807) is 0 Å². The zero-order chi connectivity index (χ0) is 13.9. The van der Waals surface area contributed by atoms with E-state index in [0.29, 0.717) is 17.7 Å². The first-order valence-corrected chi connectivity index (χ1v) is 7.37. The number of rotatable bonds is 4. The van der Waals surface area contributed by atoms with E-state index in [2.05, 4.69) is 10.3 Å². The normalized spacial score (nSPS) is 22.6. The molecular weight excluding hydrogens is 257 g/mol. The van der Waals surface area contributed by atoms with Crippen LogP contribution in [0.1, 0.15) is 36.2 Å². The summed E-state index contributed by atoms with van der Waals surface area (Å²) in [7, 11) is 0. The monoisotopic (exact) mass is 277 g/mol. The Hall–Kier alpha value is -1.49. The van der Waals surface area contributed by atoms with Gasteiger partial charge in [-0.1, -0.05) is 0 Å². The third kappa shape index (κ3) is 3.15. The van der Waals surface area contributed by atoms with Crippen molar-refractivity contribution in [2.45, 2.75) is 31.7 Å². The summed E-state index contributed by atoms with van der Waals surface area (Å²) in [6, 6.07) is 3.14. The summed E-state index contributed by atoms with van der Waals surface area (Å²) < 4.78 is 12.9. The number of pyridine rings is 1. The minimum absolute atomic E-state index is 0.0573.